The Balaban J connectivity index is 2.19. The number of carbonyl (C=O) groups is 1. The van der Waals surface area contributed by atoms with Crippen LogP contribution in [0.15, 0.2) is 30.3 Å². The Kier molecular flexibility index (Phi) is 4.99. The van der Waals surface area contributed by atoms with Crippen molar-refractivity contribution in [3.8, 4) is 0 Å². The van der Waals surface area contributed by atoms with E-state index in [0.717, 1.165) is 11.1 Å². The highest BCUT2D eigenvalue weighted by atomic mass is 16.4. The van der Waals surface area contributed by atoms with Crippen molar-refractivity contribution in [2.75, 3.05) is 0 Å². The fourth-order valence-corrected chi connectivity index (χ4v) is 3.10. The molecule has 1 saturated carbocycles. The molecule has 0 saturated heterocycles. The number of allylic oxidation sites excluding steroid dienone is 1. The van der Waals surface area contributed by atoms with Crippen LogP contribution in [0.2, 0.25) is 0 Å². The van der Waals surface area contributed by atoms with E-state index in [9.17, 15) is 4.79 Å². The zero-order valence-electron chi connectivity index (χ0n) is 12.4. The Morgan fingerprint density at radius 3 is 2.25 bits per heavy atom. The molecular weight excluding hydrogens is 248 g/mol. The van der Waals surface area contributed by atoms with Gasteiger partial charge in [-0.05, 0) is 41.4 Å². The van der Waals surface area contributed by atoms with Crippen LogP contribution in [0.1, 0.15) is 63.0 Å². The summed E-state index contributed by atoms with van der Waals surface area (Å²) in [6.45, 7) is 4.06. The van der Waals surface area contributed by atoms with Gasteiger partial charge in [-0.25, -0.2) is 4.79 Å². The summed E-state index contributed by atoms with van der Waals surface area (Å²) in [4.78, 5) is 10.9. The molecule has 0 bridgehead atoms. The van der Waals surface area contributed by atoms with Crippen LogP contribution in [0.5, 0.6) is 0 Å². The largest absolute Gasteiger partial charge is 0.478 e. The first kappa shape index (κ1) is 14.8. The molecule has 0 radical (unpaired) electrons. The molecule has 0 aromatic heterocycles. The monoisotopic (exact) mass is 272 g/mol. The molecule has 1 fully saturated rings. The molecule has 0 heterocycles. The molecular formula is C18H24O2. The molecule has 2 nitrogen and oxygen atoms in total. The average Bonchev–Trinajstić information content (AvgIpc) is 2.45. The number of hydrogen-bond acceptors (Lipinski definition) is 1. The molecule has 0 aliphatic heterocycles. The lowest BCUT2D eigenvalue weighted by Crippen LogP contribution is -2.05. The van der Waals surface area contributed by atoms with Crippen molar-refractivity contribution in [1.29, 1.82) is 0 Å². The molecule has 0 atom stereocenters. The highest BCUT2D eigenvalue weighted by molar-refractivity contribution is 5.90. The second-order valence-electron chi connectivity index (χ2n) is 6.05. The summed E-state index contributed by atoms with van der Waals surface area (Å²) in [5, 5.41) is 8.98. The molecule has 0 amide bonds. The minimum absolute atomic E-state index is 0.214. The van der Waals surface area contributed by atoms with Crippen molar-refractivity contribution in [2.24, 2.45) is 5.92 Å². The summed E-state index contributed by atoms with van der Waals surface area (Å²) < 4.78 is 0. The number of carboxylic acids is 1. The van der Waals surface area contributed by atoms with Gasteiger partial charge in [0.05, 0.1) is 0 Å². The van der Waals surface area contributed by atoms with Gasteiger partial charge in [0.25, 0.3) is 0 Å². The minimum atomic E-state index is -0.870. The van der Waals surface area contributed by atoms with Gasteiger partial charge in [-0.3, -0.25) is 0 Å². The maximum Gasteiger partial charge on any atom is 0.328 e. The van der Waals surface area contributed by atoms with Crippen molar-refractivity contribution >= 4 is 11.5 Å². The van der Waals surface area contributed by atoms with E-state index >= 15 is 0 Å². The van der Waals surface area contributed by atoms with Crippen LogP contribution in [-0.4, -0.2) is 11.1 Å². The van der Waals surface area contributed by atoms with E-state index in [4.69, 9.17) is 5.11 Å². The Morgan fingerprint density at radius 1 is 1.15 bits per heavy atom. The van der Waals surface area contributed by atoms with E-state index < -0.39 is 5.97 Å². The number of aliphatic carboxylic acids is 1. The molecule has 2 heteroatoms. The van der Waals surface area contributed by atoms with Gasteiger partial charge < -0.3 is 5.11 Å². The Bertz CT molecular complexity index is 477. The van der Waals surface area contributed by atoms with Gasteiger partial charge in [0, 0.05) is 6.08 Å². The summed E-state index contributed by atoms with van der Waals surface area (Å²) in [5.41, 5.74) is 3.33. The summed E-state index contributed by atoms with van der Waals surface area (Å²) in [6, 6.07) is 8.53. The second-order valence-corrected chi connectivity index (χ2v) is 6.05. The van der Waals surface area contributed by atoms with Gasteiger partial charge in [-0.1, -0.05) is 57.4 Å². The van der Waals surface area contributed by atoms with Crippen LogP contribution < -0.4 is 0 Å². The maximum atomic E-state index is 10.9. The highest BCUT2D eigenvalue weighted by Gasteiger charge is 2.16. The third kappa shape index (κ3) is 3.72. The number of carboxylic acid groups (broad SMARTS) is 1. The summed E-state index contributed by atoms with van der Waals surface area (Å²) in [5.74, 6) is 0.0421. The molecule has 1 aliphatic rings. The van der Waals surface area contributed by atoms with E-state index in [0.29, 0.717) is 5.92 Å². The second kappa shape index (κ2) is 6.74. The first-order chi connectivity index (χ1) is 9.58. The number of rotatable bonds is 4. The summed E-state index contributed by atoms with van der Waals surface area (Å²) >= 11 is 0. The first-order valence-corrected chi connectivity index (χ1v) is 7.62. The van der Waals surface area contributed by atoms with Crippen molar-refractivity contribution in [2.45, 2.75) is 51.9 Å². The normalized spacial score (nSPS) is 17.4. The topological polar surface area (TPSA) is 37.3 Å². The summed E-state index contributed by atoms with van der Waals surface area (Å²) in [6.07, 6.45) is 7.96. The lowest BCUT2D eigenvalue weighted by atomic mass is 9.83. The molecule has 20 heavy (non-hydrogen) atoms. The highest BCUT2D eigenvalue weighted by Crippen LogP contribution is 2.33. The molecule has 0 unspecified atom stereocenters. The number of benzene rings is 1. The van der Waals surface area contributed by atoms with Gasteiger partial charge in [-0.2, -0.15) is 0 Å². The van der Waals surface area contributed by atoms with Crippen molar-refractivity contribution in [1.82, 2.24) is 0 Å². The first-order valence-electron chi connectivity index (χ1n) is 7.62. The SMILES string of the molecule is CC(C)/C(=C\C(=O)O)c1ccc(C2CCCCC2)cc1. The van der Waals surface area contributed by atoms with Crippen molar-refractivity contribution < 1.29 is 9.90 Å². The smallest absolute Gasteiger partial charge is 0.328 e. The maximum absolute atomic E-state index is 10.9. The Morgan fingerprint density at radius 2 is 1.75 bits per heavy atom. The van der Waals surface area contributed by atoms with Crippen LogP contribution in [0.4, 0.5) is 0 Å². The molecule has 1 aliphatic carbocycles. The van der Waals surface area contributed by atoms with Gasteiger partial charge in [0.15, 0.2) is 0 Å². The van der Waals surface area contributed by atoms with Crippen molar-refractivity contribution in [3.63, 3.8) is 0 Å². The van der Waals surface area contributed by atoms with E-state index in [1.807, 2.05) is 13.8 Å². The molecule has 1 N–H and O–H groups in total. The molecule has 108 valence electrons. The third-order valence-corrected chi connectivity index (χ3v) is 4.22. The minimum Gasteiger partial charge on any atom is -0.478 e. The third-order valence-electron chi connectivity index (χ3n) is 4.22. The quantitative estimate of drug-likeness (QED) is 0.795. The fraction of sp³-hybridized carbons (Fsp3) is 0.500. The van der Waals surface area contributed by atoms with Crippen LogP contribution in [0, 0.1) is 5.92 Å². The van der Waals surface area contributed by atoms with E-state index in [1.54, 1.807) is 0 Å². The Labute approximate surface area is 121 Å². The zero-order chi connectivity index (χ0) is 14.5. The van der Waals surface area contributed by atoms with Gasteiger partial charge in [0.1, 0.15) is 0 Å². The average molecular weight is 272 g/mol. The summed E-state index contributed by atoms with van der Waals surface area (Å²) in [7, 11) is 0. The van der Waals surface area contributed by atoms with E-state index in [-0.39, 0.29) is 5.92 Å². The predicted octanol–water partition coefficient (Wildman–Crippen LogP) is 4.86. The lowest BCUT2D eigenvalue weighted by Gasteiger charge is -2.22. The van der Waals surface area contributed by atoms with Gasteiger partial charge in [0.2, 0.25) is 0 Å². The fourth-order valence-electron chi connectivity index (χ4n) is 3.10. The zero-order valence-corrected chi connectivity index (χ0v) is 12.4. The van der Waals surface area contributed by atoms with Crippen LogP contribution in [-0.2, 0) is 4.79 Å². The van der Waals surface area contributed by atoms with E-state index in [2.05, 4.69) is 24.3 Å². The molecule has 0 spiro atoms. The molecule has 2 rings (SSSR count). The number of hydrogen-bond donors (Lipinski definition) is 1. The molecule has 1 aromatic carbocycles. The predicted molar refractivity (Wildman–Crippen MR) is 82.7 cm³/mol. The molecule has 1 aromatic rings. The standard InChI is InChI=1S/C18H24O2/c1-13(2)17(12-18(19)20)16-10-8-15(9-11-16)14-6-4-3-5-7-14/h8-14H,3-7H2,1-2H3,(H,19,20)/b17-12+. The van der Waals surface area contributed by atoms with Crippen LogP contribution in [0.25, 0.3) is 5.57 Å². The van der Waals surface area contributed by atoms with Crippen molar-refractivity contribution in [3.05, 3.63) is 41.5 Å². The van der Waals surface area contributed by atoms with Crippen LogP contribution >= 0.6 is 0 Å². The van der Waals surface area contributed by atoms with Gasteiger partial charge in [-0.15, -0.1) is 0 Å². The van der Waals surface area contributed by atoms with E-state index in [1.165, 1.54) is 43.7 Å². The van der Waals surface area contributed by atoms with Crippen LogP contribution in [0.3, 0.4) is 0 Å². The Hall–Kier alpha value is -1.57. The lowest BCUT2D eigenvalue weighted by molar-refractivity contribution is -0.131. The van der Waals surface area contributed by atoms with Gasteiger partial charge >= 0.3 is 5.97 Å².